The van der Waals surface area contributed by atoms with E-state index in [4.69, 9.17) is 14.2 Å². The molecule has 1 rings (SSSR count). The minimum absolute atomic E-state index is 0.226. The van der Waals surface area contributed by atoms with Crippen molar-refractivity contribution in [2.24, 2.45) is 5.41 Å². The number of thioether (sulfide) groups is 1. The molecule has 1 aromatic rings. The van der Waals surface area contributed by atoms with Crippen molar-refractivity contribution in [1.82, 2.24) is 0 Å². The van der Waals surface area contributed by atoms with Crippen LogP contribution in [0.2, 0.25) is 0 Å². The summed E-state index contributed by atoms with van der Waals surface area (Å²) in [7, 11) is 2.71. The molecular weight excluding hydrogens is 444 g/mol. The number of ketones is 1. The number of rotatable bonds is 12. The molecule has 1 atom stereocenters. The average Bonchev–Trinajstić information content (AvgIpc) is 2.73. The quantitative estimate of drug-likeness (QED) is 0.342. The first-order valence-corrected chi connectivity index (χ1v) is 10.5. The number of carbonyl (C=O) groups is 5. The number of benzene rings is 1. The number of aromatic carboxylic acids is 2. The van der Waals surface area contributed by atoms with Crippen molar-refractivity contribution in [3.63, 3.8) is 0 Å². The fourth-order valence-corrected chi connectivity index (χ4v) is 3.87. The molecule has 0 fully saturated rings. The van der Waals surface area contributed by atoms with Gasteiger partial charge in [0, 0.05) is 24.2 Å². The van der Waals surface area contributed by atoms with Gasteiger partial charge in [-0.25, -0.2) is 14.4 Å². The second kappa shape index (κ2) is 11.6. The number of methoxy groups -OCH3 is 2. The molecule has 0 bridgehead atoms. The van der Waals surface area contributed by atoms with E-state index in [1.54, 1.807) is 13.8 Å². The SMILES string of the molecule is COC(=O)C(C)(C)CSCC(COC(=O)c1cc(C(C)=O)c(C(=O)O)cc1C(=O)O)OC. The predicted molar refractivity (Wildman–Crippen MR) is 115 cm³/mol. The zero-order valence-electron chi connectivity index (χ0n) is 18.4. The molecule has 1 aromatic carbocycles. The van der Waals surface area contributed by atoms with E-state index in [0.717, 1.165) is 19.1 Å². The summed E-state index contributed by atoms with van der Waals surface area (Å²) in [4.78, 5) is 59.0. The number of esters is 2. The number of carboxylic acid groups (broad SMARTS) is 2. The molecule has 32 heavy (non-hydrogen) atoms. The van der Waals surface area contributed by atoms with Crippen LogP contribution in [0, 0.1) is 5.41 Å². The second-order valence-corrected chi connectivity index (χ2v) is 8.49. The molecule has 0 aliphatic rings. The molecule has 0 heterocycles. The van der Waals surface area contributed by atoms with E-state index in [9.17, 15) is 34.2 Å². The molecule has 1 unspecified atom stereocenters. The van der Waals surface area contributed by atoms with Crippen molar-refractivity contribution in [3.8, 4) is 0 Å². The maximum absolute atomic E-state index is 12.5. The summed E-state index contributed by atoms with van der Waals surface area (Å²) in [6.45, 7) is 4.34. The Morgan fingerprint density at radius 3 is 1.97 bits per heavy atom. The van der Waals surface area contributed by atoms with Crippen LogP contribution in [0.5, 0.6) is 0 Å². The van der Waals surface area contributed by atoms with Gasteiger partial charge in [-0.1, -0.05) is 0 Å². The maximum Gasteiger partial charge on any atom is 0.339 e. The van der Waals surface area contributed by atoms with Gasteiger partial charge < -0.3 is 24.4 Å². The van der Waals surface area contributed by atoms with Crippen LogP contribution in [0.1, 0.15) is 62.2 Å². The van der Waals surface area contributed by atoms with Crippen LogP contribution in [0.25, 0.3) is 0 Å². The maximum atomic E-state index is 12.5. The molecule has 0 spiro atoms. The Kier molecular flexibility index (Phi) is 9.85. The largest absolute Gasteiger partial charge is 0.478 e. The normalized spacial score (nSPS) is 12.0. The lowest BCUT2D eigenvalue weighted by Gasteiger charge is -2.22. The summed E-state index contributed by atoms with van der Waals surface area (Å²) in [6, 6.07) is 1.67. The summed E-state index contributed by atoms with van der Waals surface area (Å²) < 4.78 is 15.2. The van der Waals surface area contributed by atoms with Gasteiger partial charge in [0.1, 0.15) is 12.7 Å². The Morgan fingerprint density at radius 1 is 0.969 bits per heavy atom. The van der Waals surface area contributed by atoms with Gasteiger partial charge in [-0.2, -0.15) is 11.8 Å². The van der Waals surface area contributed by atoms with Crippen molar-refractivity contribution in [3.05, 3.63) is 34.4 Å². The third-order valence-corrected chi connectivity index (χ3v) is 5.99. The van der Waals surface area contributed by atoms with E-state index in [-0.39, 0.29) is 18.1 Å². The van der Waals surface area contributed by atoms with E-state index in [2.05, 4.69) is 0 Å². The second-order valence-electron chi connectivity index (χ2n) is 7.46. The van der Waals surface area contributed by atoms with Gasteiger partial charge in [0.15, 0.2) is 5.78 Å². The van der Waals surface area contributed by atoms with Crippen molar-refractivity contribution in [2.75, 3.05) is 32.3 Å². The van der Waals surface area contributed by atoms with Crippen molar-refractivity contribution in [1.29, 1.82) is 0 Å². The molecule has 0 amide bonds. The molecule has 176 valence electrons. The van der Waals surface area contributed by atoms with Gasteiger partial charge in [-0.3, -0.25) is 9.59 Å². The van der Waals surface area contributed by atoms with Crippen molar-refractivity contribution < 1.29 is 48.4 Å². The molecule has 0 aliphatic heterocycles. The molecule has 10 nitrogen and oxygen atoms in total. The third kappa shape index (κ3) is 7.06. The van der Waals surface area contributed by atoms with Crippen molar-refractivity contribution >= 4 is 41.4 Å². The number of Topliss-reactive ketones (excluding diaryl/α,β-unsaturated/α-hetero) is 1. The molecule has 0 saturated carbocycles. The minimum atomic E-state index is -1.54. The highest BCUT2D eigenvalue weighted by molar-refractivity contribution is 7.99. The molecule has 0 radical (unpaired) electrons. The molecule has 0 saturated heterocycles. The van der Waals surface area contributed by atoms with Crippen LogP contribution in [0.3, 0.4) is 0 Å². The van der Waals surface area contributed by atoms with Gasteiger partial charge in [0.05, 0.1) is 29.2 Å². The third-order valence-electron chi connectivity index (χ3n) is 4.46. The van der Waals surface area contributed by atoms with E-state index < -0.39 is 51.9 Å². The summed E-state index contributed by atoms with van der Waals surface area (Å²) in [5.41, 5.74) is -2.59. The molecular formula is C21H26O10S. The van der Waals surface area contributed by atoms with Gasteiger partial charge in [-0.15, -0.1) is 0 Å². The Labute approximate surface area is 189 Å². The molecule has 11 heteroatoms. The van der Waals surface area contributed by atoms with Crippen molar-refractivity contribution in [2.45, 2.75) is 26.9 Å². The highest BCUT2D eigenvalue weighted by Crippen LogP contribution is 2.24. The van der Waals surface area contributed by atoms with Crippen LogP contribution in [0.15, 0.2) is 12.1 Å². The summed E-state index contributed by atoms with van der Waals surface area (Å²) >= 11 is 1.38. The number of carbonyl (C=O) groups excluding carboxylic acids is 3. The minimum Gasteiger partial charge on any atom is -0.478 e. The number of hydrogen-bond donors (Lipinski definition) is 2. The number of carboxylic acids is 2. The first-order valence-electron chi connectivity index (χ1n) is 9.37. The Hall–Kier alpha value is -2.92. The Morgan fingerprint density at radius 2 is 1.50 bits per heavy atom. The smallest absolute Gasteiger partial charge is 0.339 e. The van der Waals surface area contributed by atoms with E-state index in [1.165, 1.54) is 26.0 Å². The molecule has 2 N–H and O–H groups in total. The summed E-state index contributed by atoms with van der Waals surface area (Å²) in [5, 5.41) is 18.6. The lowest BCUT2D eigenvalue weighted by molar-refractivity contribution is -0.149. The zero-order valence-corrected chi connectivity index (χ0v) is 19.2. The zero-order chi connectivity index (χ0) is 24.6. The van der Waals surface area contributed by atoms with Gasteiger partial charge in [0.2, 0.25) is 0 Å². The van der Waals surface area contributed by atoms with Crippen LogP contribution in [0.4, 0.5) is 0 Å². The highest BCUT2D eigenvalue weighted by atomic mass is 32.2. The highest BCUT2D eigenvalue weighted by Gasteiger charge is 2.29. The Balaban J connectivity index is 2.95. The van der Waals surface area contributed by atoms with Gasteiger partial charge in [-0.05, 0) is 32.9 Å². The van der Waals surface area contributed by atoms with E-state index in [0.29, 0.717) is 11.5 Å². The first kappa shape index (κ1) is 27.1. The van der Waals surface area contributed by atoms with E-state index in [1.807, 2.05) is 0 Å². The average molecular weight is 470 g/mol. The number of ether oxygens (including phenoxy) is 3. The fraction of sp³-hybridized carbons (Fsp3) is 0.476. The van der Waals surface area contributed by atoms with E-state index >= 15 is 0 Å². The summed E-state index contributed by atoms with van der Waals surface area (Å²) in [5.74, 6) is -4.29. The Bertz CT molecular complexity index is 906. The number of hydrogen-bond acceptors (Lipinski definition) is 9. The van der Waals surface area contributed by atoms with Crippen LogP contribution in [-0.4, -0.2) is 78.3 Å². The summed E-state index contributed by atoms with van der Waals surface area (Å²) in [6.07, 6.45) is -0.559. The standard InChI is InChI=1S/C21H26O10S/c1-11(22)13-6-16(15(18(25)26)7-14(13)17(23)24)19(27)31-8-12(29-4)9-32-10-21(2,3)20(28)30-5/h6-7,12H,8-10H2,1-5H3,(H,23,24)(H,25,26). The van der Waals surface area contributed by atoms with Crippen LogP contribution < -0.4 is 0 Å². The fourth-order valence-electron chi connectivity index (χ4n) is 2.63. The lowest BCUT2D eigenvalue weighted by atomic mass is 9.96. The predicted octanol–water partition coefficient (Wildman–Crippen LogP) is 2.39. The van der Waals surface area contributed by atoms with Gasteiger partial charge in [0.25, 0.3) is 0 Å². The topological polar surface area (TPSA) is 154 Å². The van der Waals surface area contributed by atoms with Gasteiger partial charge >= 0.3 is 23.9 Å². The first-order chi connectivity index (χ1) is 14.8. The molecule has 0 aromatic heterocycles. The van der Waals surface area contributed by atoms with Crippen LogP contribution >= 0.6 is 11.8 Å². The monoisotopic (exact) mass is 470 g/mol. The lowest BCUT2D eigenvalue weighted by Crippen LogP contribution is -2.30. The van der Waals surface area contributed by atoms with Crippen LogP contribution in [-0.2, 0) is 19.0 Å². The molecule has 0 aliphatic carbocycles.